The van der Waals surface area contributed by atoms with E-state index in [9.17, 15) is 9.59 Å². The van der Waals surface area contributed by atoms with Crippen molar-refractivity contribution in [1.82, 2.24) is 9.80 Å². The minimum absolute atomic E-state index is 0.00724. The van der Waals surface area contributed by atoms with E-state index in [-0.39, 0.29) is 30.5 Å². The molecular formula is C24H32N2O5. The Morgan fingerprint density at radius 3 is 2.58 bits per heavy atom. The molecule has 1 saturated heterocycles. The lowest BCUT2D eigenvalue weighted by atomic mass is 10.1. The summed E-state index contributed by atoms with van der Waals surface area (Å²) < 4.78 is 16.4. The maximum absolute atomic E-state index is 13.3. The Labute approximate surface area is 183 Å². The van der Waals surface area contributed by atoms with Gasteiger partial charge in [0.1, 0.15) is 18.1 Å². The first kappa shape index (κ1) is 22.9. The van der Waals surface area contributed by atoms with Gasteiger partial charge in [0, 0.05) is 24.8 Å². The van der Waals surface area contributed by atoms with Crippen LogP contribution in [0.5, 0.6) is 5.75 Å². The van der Waals surface area contributed by atoms with Crippen molar-refractivity contribution in [3.8, 4) is 5.75 Å². The van der Waals surface area contributed by atoms with Crippen molar-refractivity contribution in [2.24, 2.45) is 0 Å². The van der Waals surface area contributed by atoms with Crippen molar-refractivity contribution in [2.45, 2.75) is 51.8 Å². The molecule has 0 saturated carbocycles. The Hall–Kier alpha value is -2.80. The van der Waals surface area contributed by atoms with Gasteiger partial charge in [0.05, 0.1) is 26.0 Å². The molecule has 0 spiro atoms. The number of ether oxygens (including phenoxy) is 2. The molecule has 0 aliphatic carbocycles. The van der Waals surface area contributed by atoms with E-state index in [0.29, 0.717) is 30.2 Å². The first-order valence-corrected chi connectivity index (χ1v) is 10.9. The van der Waals surface area contributed by atoms with Crippen molar-refractivity contribution in [1.29, 1.82) is 0 Å². The second-order valence-electron chi connectivity index (χ2n) is 7.91. The molecule has 1 aromatic carbocycles. The van der Waals surface area contributed by atoms with Gasteiger partial charge in [0.2, 0.25) is 5.91 Å². The van der Waals surface area contributed by atoms with Gasteiger partial charge in [-0.2, -0.15) is 0 Å². The van der Waals surface area contributed by atoms with Gasteiger partial charge in [0.25, 0.3) is 5.91 Å². The molecule has 2 heterocycles. The number of benzene rings is 1. The van der Waals surface area contributed by atoms with E-state index in [0.717, 1.165) is 25.9 Å². The smallest absolute Gasteiger partial charge is 0.254 e. The molecule has 7 nitrogen and oxygen atoms in total. The number of rotatable bonds is 10. The third-order valence-corrected chi connectivity index (χ3v) is 5.75. The van der Waals surface area contributed by atoms with E-state index >= 15 is 0 Å². The van der Waals surface area contributed by atoms with Crippen LogP contribution in [-0.2, 0) is 16.1 Å². The number of methoxy groups -OCH3 is 1. The Kier molecular flexibility index (Phi) is 8.12. The minimum Gasteiger partial charge on any atom is -0.497 e. The lowest BCUT2D eigenvalue weighted by molar-refractivity contribution is -0.134. The molecule has 1 aromatic heterocycles. The molecule has 0 bridgehead atoms. The summed E-state index contributed by atoms with van der Waals surface area (Å²) >= 11 is 0. The molecule has 2 amide bonds. The molecule has 2 atom stereocenters. The molecule has 0 radical (unpaired) electrons. The Morgan fingerprint density at radius 1 is 1.23 bits per heavy atom. The fourth-order valence-corrected chi connectivity index (χ4v) is 3.67. The highest BCUT2D eigenvalue weighted by molar-refractivity contribution is 5.96. The van der Waals surface area contributed by atoms with Crippen molar-refractivity contribution in [3.63, 3.8) is 0 Å². The van der Waals surface area contributed by atoms with Gasteiger partial charge in [0.15, 0.2) is 0 Å². The number of hydrogen-bond donors (Lipinski definition) is 0. The van der Waals surface area contributed by atoms with Crippen LogP contribution in [0, 0.1) is 0 Å². The number of hydrogen-bond acceptors (Lipinski definition) is 5. The number of nitrogens with zero attached hydrogens (tertiary/aromatic N) is 2. The molecule has 2 aromatic rings. The first-order chi connectivity index (χ1) is 15.0. The van der Waals surface area contributed by atoms with Crippen molar-refractivity contribution >= 4 is 11.8 Å². The van der Waals surface area contributed by atoms with Gasteiger partial charge in [-0.05, 0) is 62.6 Å². The first-order valence-electron chi connectivity index (χ1n) is 10.9. The zero-order chi connectivity index (χ0) is 22.2. The summed E-state index contributed by atoms with van der Waals surface area (Å²) in [4.78, 5) is 30.0. The zero-order valence-electron chi connectivity index (χ0n) is 18.6. The van der Waals surface area contributed by atoms with Gasteiger partial charge in [-0.15, -0.1) is 0 Å². The zero-order valence-corrected chi connectivity index (χ0v) is 18.6. The monoisotopic (exact) mass is 428 g/mol. The molecule has 1 fully saturated rings. The maximum Gasteiger partial charge on any atom is 0.254 e. The summed E-state index contributed by atoms with van der Waals surface area (Å²) in [6.45, 7) is 5.55. The molecular weight excluding hydrogens is 396 g/mol. The van der Waals surface area contributed by atoms with E-state index < -0.39 is 0 Å². The quantitative estimate of drug-likeness (QED) is 0.577. The van der Waals surface area contributed by atoms with Gasteiger partial charge >= 0.3 is 0 Å². The molecule has 31 heavy (non-hydrogen) atoms. The topological polar surface area (TPSA) is 72.2 Å². The van der Waals surface area contributed by atoms with Crippen LogP contribution in [0.4, 0.5) is 0 Å². The summed E-state index contributed by atoms with van der Waals surface area (Å²) in [5.74, 6) is 1.11. The Balaban J connectivity index is 1.75. The van der Waals surface area contributed by atoms with Crippen LogP contribution in [0.15, 0.2) is 47.1 Å². The molecule has 0 N–H and O–H groups in total. The average molecular weight is 429 g/mol. The number of carbonyl (C=O) groups is 2. The van der Waals surface area contributed by atoms with Crippen LogP contribution in [0.1, 0.15) is 49.2 Å². The van der Waals surface area contributed by atoms with Crippen molar-refractivity contribution in [2.75, 3.05) is 26.8 Å². The summed E-state index contributed by atoms with van der Waals surface area (Å²) in [7, 11) is 1.59. The van der Waals surface area contributed by atoms with Crippen LogP contribution in [0.25, 0.3) is 0 Å². The van der Waals surface area contributed by atoms with Gasteiger partial charge < -0.3 is 23.7 Å². The van der Waals surface area contributed by atoms with Gasteiger partial charge in [-0.3, -0.25) is 9.59 Å². The third-order valence-electron chi connectivity index (χ3n) is 5.75. The Bertz CT molecular complexity index is 828. The standard InChI is InChI=1S/C24H32N2O5/c1-4-18(2)26(24(28)19-9-11-20(29-3)12-10-19)17-23(27)25(15-21-7-5-13-30-21)16-22-8-6-14-31-22/h5,7,9-13,18,22H,4,6,8,14-17H2,1-3H3/t18-,22-/m1/s1. The van der Waals surface area contributed by atoms with E-state index in [4.69, 9.17) is 13.9 Å². The van der Waals surface area contributed by atoms with E-state index in [1.807, 2.05) is 26.0 Å². The van der Waals surface area contributed by atoms with Crippen LogP contribution in [0.2, 0.25) is 0 Å². The molecule has 3 rings (SSSR count). The summed E-state index contributed by atoms with van der Waals surface area (Å²) in [5.41, 5.74) is 0.533. The van der Waals surface area contributed by atoms with Gasteiger partial charge in [-0.25, -0.2) is 0 Å². The minimum atomic E-state index is -0.166. The second-order valence-corrected chi connectivity index (χ2v) is 7.91. The molecule has 1 aliphatic rings. The van der Waals surface area contributed by atoms with Crippen LogP contribution >= 0.6 is 0 Å². The van der Waals surface area contributed by atoms with Gasteiger partial charge in [-0.1, -0.05) is 6.92 Å². The highest BCUT2D eigenvalue weighted by Gasteiger charge is 2.28. The molecule has 1 aliphatic heterocycles. The lowest BCUT2D eigenvalue weighted by Crippen LogP contribution is -2.47. The normalized spacial score (nSPS) is 16.7. The molecule has 168 valence electrons. The van der Waals surface area contributed by atoms with E-state index in [2.05, 4.69) is 0 Å². The third kappa shape index (κ3) is 6.10. The fraction of sp³-hybridized carbons (Fsp3) is 0.500. The highest BCUT2D eigenvalue weighted by atomic mass is 16.5. The number of carbonyl (C=O) groups excluding carboxylic acids is 2. The van der Waals surface area contributed by atoms with Crippen molar-refractivity contribution < 1.29 is 23.5 Å². The van der Waals surface area contributed by atoms with Crippen LogP contribution in [-0.4, -0.2) is 60.6 Å². The number of amides is 2. The lowest BCUT2D eigenvalue weighted by Gasteiger charge is -2.32. The molecule has 0 unspecified atom stereocenters. The second kappa shape index (κ2) is 11.0. The van der Waals surface area contributed by atoms with Crippen LogP contribution < -0.4 is 4.74 Å². The summed E-state index contributed by atoms with van der Waals surface area (Å²) in [6, 6.07) is 10.6. The Morgan fingerprint density at radius 2 is 2.00 bits per heavy atom. The fourth-order valence-electron chi connectivity index (χ4n) is 3.67. The van der Waals surface area contributed by atoms with Crippen LogP contribution in [0.3, 0.4) is 0 Å². The predicted molar refractivity (Wildman–Crippen MR) is 117 cm³/mol. The summed E-state index contributed by atoms with van der Waals surface area (Å²) in [5, 5.41) is 0. The highest BCUT2D eigenvalue weighted by Crippen LogP contribution is 2.18. The maximum atomic E-state index is 13.3. The summed E-state index contributed by atoms with van der Waals surface area (Å²) in [6.07, 6.45) is 4.31. The SMILES string of the molecule is CC[C@@H](C)N(CC(=O)N(Cc1ccco1)C[C@H]1CCCO1)C(=O)c1ccc(OC)cc1. The number of furan rings is 1. The van der Waals surface area contributed by atoms with E-state index in [1.165, 1.54) is 0 Å². The predicted octanol–water partition coefficient (Wildman–Crippen LogP) is 3.74. The largest absolute Gasteiger partial charge is 0.497 e. The average Bonchev–Trinajstić information content (AvgIpc) is 3.50. The van der Waals surface area contributed by atoms with Crippen molar-refractivity contribution in [3.05, 3.63) is 54.0 Å². The molecule has 7 heteroatoms. The van der Waals surface area contributed by atoms with E-state index in [1.54, 1.807) is 47.4 Å².